The van der Waals surface area contributed by atoms with Crippen LogP contribution in [0.3, 0.4) is 0 Å². The summed E-state index contributed by atoms with van der Waals surface area (Å²) in [5.41, 5.74) is 6.35. The lowest BCUT2D eigenvalue weighted by Crippen LogP contribution is -2.06. The Bertz CT molecular complexity index is 1440. The zero-order valence-electron chi connectivity index (χ0n) is 21.4. The highest BCUT2D eigenvalue weighted by Gasteiger charge is 2.43. The zero-order valence-corrected chi connectivity index (χ0v) is 21.4. The highest BCUT2D eigenvalue weighted by molar-refractivity contribution is 5.60. The van der Waals surface area contributed by atoms with Crippen molar-refractivity contribution in [3.63, 3.8) is 0 Å². The third-order valence-corrected chi connectivity index (χ3v) is 10.2. The van der Waals surface area contributed by atoms with Gasteiger partial charge in [-0.1, -0.05) is 48.6 Å². The van der Waals surface area contributed by atoms with E-state index in [1.165, 1.54) is 11.1 Å². The summed E-state index contributed by atoms with van der Waals surface area (Å²) in [6, 6.07) is 8.98. The fraction of sp³-hybridized carbons (Fsp3) is 0.438. The van der Waals surface area contributed by atoms with E-state index >= 15 is 0 Å². The maximum atomic E-state index is 11.0. The van der Waals surface area contributed by atoms with Gasteiger partial charge >= 0.3 is 0 Å². The van der Waals surface area contributed by atoms with Gasteiger partial charge in [-0.25, -0.2) is 0 Å². The number of allylic oxidation sites excluding steroid dienone is 4. The number of aromatic hydroxyl groups is 4. The van der Waals surface area contributed by atoms with E-state index in [2.05, 4.69) is 48.6 Å². The van der Waals surface area contributed by atoms with Crippen LogP contribution in [0.15, 0.2) is 48.6 Å². The van der Waals surface area contributed by atoms with Gasteiger partial charge < -0.3 is 20.4 Å². The van der Waals surface area contributed by atoms with Crippen molar-refractivity contribution in [2.24, 2.45) is 0 Å². The molecule has 0 radical (unpaired) electrons. The van der Waals surface area contributed by atoms with Crippen molar-refractivity contribution in [2.75, 3.05) is 0 Å². The van der Waals surface area contributed by atoms with Crippen LogP contribution in [-0.2, 0) is 13.0 Å². The molecule has 5 aliphatic carbocycles. The number of aryl methyl sites for hydroxylation is 1. The molecule has 5 aliphatic rings. The van der Waals surface area contributed by atoms with E-state index in [-0.39, 0.29) is 53.2 Å². The van der Waals surface area contributed by atoms with Gasteiger partial charge in [-0.15, -0.1) is 0 Å². The van der Waals surface area contributed by atoms with Gasteiger partial charge in [-0.05, 0) is 62.0 Å². The number of nitrogens with zero attached hydrogens (tertiary/aromatic N) is 2. The Labute approximate surface area is 222 Å². The third kappa shape index (κ3) is 3.00. The van der Waals surface area contributed by atoms with Crippen LogP contribution in [0.4, 0.5) is 0 Å². The fourth-order valence-corrected chi connectivity index (χ4v) is 8.40. The van der Waals surface area contributed by atoms with Crippen molar-refractivity contribution >= 4 is 0 Å². The summed E-state index contributed by atoms with van der Waals surface area (Å²) in [5.74, 6) is 2.49. The molecule has 6 atom stereocenters. The Morgan fingerprint density at radius 1 is 0.632 bits per heavy atom. The summed E-state index contributed by atoms with van der Waals surface area (Å²) in [7, 11) is 0. The first-order chi connectivity index (χ1) is 18.5. The Morgan fingerprint density at radius 2 is 1.16 bits per heavy atom. The molecule has 1 saturated carbocycles. The number of benzene rings is 1. The lowest BCUT2D eigenvalue weighted by Gasteiger charge is -2.17. The van der Waals surface area contributed by atoms with Crippen molar-refractivity contribution in [3.8, 4) is 23.5 Å². The number of aromatic nitrogens is 2. The molecular weight excluding hydrogens is 476 g/mol. The van der Waals surface area contributed by atoms with Crippen molar-refractivity contribution in [3.05, 3.63) is 82.0 Å². The summed E-state index contributed by atoms with van der Waals surface area (Å²) in [6.07, 6.45) is 15.3. The van der Waals surface area contributed by atoms with Gasteiger partial charge in [-0.2, -0.15) is 0 Å². The number of rotatable bonds is 6. The molecular formula is C32H34N2O4. The molecule has 1 fully saturated rings. The molecule has 3 aromatic rings. The van der Waals surface area contributed by atoms with Crippen molar-refractivity contribution < 1.29 is 20.4 Å². The Morgan fingerprint density at radius 3 is 1.71 bits per heavy atom. The minimum absolute atomic E-state index is 0.124. The largest absolute Gasteiger partial charge is 0.494 e. The average Bonchev–Trinajstić information content (AvgIpc) is 3.76. The van der Waals surface area contributed by atoms with E-state index in [1.807, 2.05) is 4.57 Å². The first-order valence-corrected chi connectivity index (χ1v) is 14.2. The second-order valence-corrected chi connectivity index (χ2v) is 12.1. The van der Waals surface area contributed by atoms with Gasteiger partial charge in [0.15, 0.2) is 23.5 Å². The van der Waals surface area contributed by atoms with Gasteiger partial charge in [0.05, 0.1) is 0 Å². The molecule has 6 heteroatoms. The normalized spacial score (nSPS) is 29.6. The maximum Gasteiger partial charge on any atom is 0.198 e. The van der Waals surface area contributed by atoms with Crippen LogP contribution in [0, 0.1) is 0 Å². The predicted octanol–water partition coefficient (Wildman–Crippen LogP) is 6.54. The SMILES string of the molecule is Oc1c2c(c(O)n1CCCc1ccc(C3CCC(n4c(O)c5c(c4O)C4C=CC5C4)C3)cc1)C1C=CC2C1. The Kier molecular flexibility index (Phi) is 4.71. The highest BCUT2D eigenvalue weighted by Crippen LogP contribution is 2.59. The summed E-state index contributed by atoms with van der Waals surface area (Å²) in [6.45, 7) is 0.598. The van der Waals surface area contributed by atoms with Gasteiger partial charge in [0.2, 0.25) is 0 Å². The first-order valence-electron chi connectivity index (χ1n) is 14.2. The molecule has 0 saturated heterocycles. The maximum absolute atomic E-state index is 11.0. The fourth-order valence-electron chi connectivity index (χ4n) is 8.40. The molecule has 1 aromatic carbocycles. The van der Waals surface area contributed by atoms with E-state index in [9.17, 15) is 20.4 Å². The second kappa shape index (κ2) is 7.98. The van der Waals surface area contributed by atoms with E-state index < -0.39 is 0 Å². The highest BCUT2D eigenvalue weighted by atomic mass is 16.3. The average molecular weight is 511 g/mol. The Hall–Kier alpha value is -3.54. The molecule has 0 aliphatic heterocycles. The minimum atomic E-state index is 0.124. The molecule has 2 heterocycles. The van der Waals surface area contributed by atoms with Gasteiger partial charge in [0.1, 0.15) is 0 Å². The topological polar surface area (TPSA) is 90.8 Å². The predicted molar refractivity (Wildman–Crippen MR) is 144 cm³/mol. The lowest BCUT2D eigenvalue weighted by atomic mass is 9.95. The van der Waals surface area contributed by atoms with E-state index in [0.717, 1.165) is 67.2 Å². The Balaban J connectivity index is 0.917. The first kappa shape index (κ1) is 22.4. The standard InChI is InChI=1S/C32H34N2O4/c35-29-25-20-7-8-21(14-20)26(25)30(36)33(29)13-1-2-17-3-5-18(6-4-17)19-11-12-24(16-19)34-31(37)27-22-9-10-23(15-22)28(27)32(34)38/h3-10,19-24,35-38H,1-2,11-16H2. The van der Waals surface area contributed by atoms with Crippen LogP contribution >= 0.6 is 0 Å². The molecule has 6 nitrogen and oxygen atoms in total. The monoisotopic (exact) mass is 510 g/mol. The van der Waals surface area contributed by atoms with Crippen molar-refractivity contribution in [1.29, 1.82) is 0 Å². The summed E-state index contributed by atoms with van der Waals surface area (Å²) < 4.78 is 3.50. The van der Waals surface area contributed by atoms with Crippen LogP contribution in [0.1, 0.15) is 108 Å². The van der Waals surface area contributed by atoms with Gasteiger partial charge in [0.25, 0.3) is 0 Å². The van der Waals surface area contributed by atoms with Crippen molar-refractivity contribution in [2.45, 2.75) is 87.1 Å². The smallest absolute Gasteiger partial charge is 0.198 e. The van der Waals surface area contributed by atoms with Crippen LogP contribution < -0.4 is 0 Å². The van der Waals surface area contributed by atoms with Gasteiger partial charge in [0, 0.05) is 58.5 Å². The molecule has 38 heavy (non-hydrogen) atoms. The molecule has 196 valence electrons. The third-order valence-electron chi connectivity index (χ3n) is 10.2. The van der Waals surface area contributed by atoms with Crippen LogP contribution in [0.2, 0.25) is 0 Å². The lowest BCUT2D eigenvalue weighted by molar-refractivity contribution is 0.327. The molecule has 6 unspecified atom stereocenters. The zero-order chi connectivity index (χ0) is 25.7. The second-order valence-electron chi connectivity index (χ2n) is 12.1. The number of hydrogen-bond acceptors (Lipinski definition) is 4. The van der Waals surface area contributed by atoms with Crippen molar-refractivity contribution in [1.82, 2.24) is 9.13 Å². The molecule has 2 aromatic heterocycles. The number of fused-ring (bicyclic) bond motifs is 10. The number of hydrogen-bond donors (Lipinski definition) is 4. The van der Waals surface area contributed by atoms with E-state index in [1.54, 1.807) is 4.57 Å². The molecule has 8 rings (SSSR count). The van der Waals surface area contributed by atoms with Crippen LogP contribution in [0.5, 0.6) is 23.5 Å². The van der Waals surface area contributed by atoms with Crippen LogP contribution in [0.25, 0.3) is 0 Å². The summed E-state index contributed by atoms with van der Waals surface area (Å²) >= 11 is 0. The molecule has 4 bridgehead atoms. The summed E-state index contributed by atoms with van der Waals surface area (Å²) in [4.78, 5) is 0. The quantitative estimate of drug-likeness (QED) is 0.284. The molecule has 4 N–H and O–H groups in total. The van der Waals surface area contributed by atoms with E-state index in [0.29, 0.717) is 12.5 Å². The van der Waals surface area contributed by atoms with Crippen LogP contribution in [-0.4, -0.2) is 29.6 Å². The van der Waals surface area contributed by atoms with E-state index in [4.69, 9.17) is 0 Å². The minimum Gasteiger partial charge on any atom is -0.494 e. The summed E-state index contributed by atoms with van der Waals surface area (Å²) in [5, 5.41) is 43.5. The molecule has 0 amide bonds. The van der Waals surface area contributed by atoms with Gasteiger partial charge in [-0.3, -0.25) is 9.13 Å². The molecule has 0 spiro atoms.